The average Bonchev–Trinajstić information content (AvgIpc) is 3.55. The normalized spacial score (nSPS) is 11.6. The lowest BCUT2D eigenvalue weighted by Crippen LogP contribution is -2.10. The largest absolute Gasteiger partial charge is 0.310 e. The second-order valence-corrected chi connectivity index (χ2v) is 14.1. The first-order chi connectivity index (χ1) is 24.7. The van der Waals surface area contributed by atoms with Crippen molar-refractivity contribution >= 4 is 80.9 Å². The van der Waals surface area contributed by atoms with Gasteiger partial charge in [0.25, 0.3) is 0 Å². The SMILES string of the molecule is c1cc(-c2ccc3cc(-c4ccc5ccccc5c4)ccc3c2)cc(N(c2ccc3ccccc3c2)c2ccc3c(c2)sc2ccccc23)c1. The van der Waals surface area contributed by atoms with Gasteiger partial charge in [-0.15, -0.1) is 11.3 Å². The van der Waals surface area contributed by atoms with Crippen LogP contribution >= 0.6 is 11.3 Å². The van der Waals surface area contributed by atoms with Gasteiger partial charge in [-0.3, -0.25) is 0 Å². The first-order valence-corrected chi connectivity index (χ1v) is 17.9. The van der Waals surface area contributed by atoms with Crippen LogP contribution in [0.2, 0.25) is 0 Å². The standard InChI is InChI=1S/C48H31NS/c1-3-10-34-26-38(17-16-32(34)8-1)40-21-20-39-27-37(18-19-41(39)28-40)36-12-7-13-42(30-36)49(43-23-22-33-9-2-4-11-35(33)29-43)44-24-25-46-45-14-5-6-15-47(45)50-48(46)31-44/h1-31H. The van der Waals surface area contributed by atoms with E-state index in [1.807, 2.05) is 11.3 Å². The molecule has 1 nitrogen and oxygen atoms in total. The lowest BCUT2D eigenvalue weighted by atomic mass is 9.96. The van der Waals surface area contributed by atoms with Crippen LogP contribution in [0, 0.1) is 0 Å². The molecule has 9 aromatic carbocycles. The van der Waals surface area contributed by atoms with Crippen LogP contribution in [0.25, 0.3) is 74.7 Å². The molecule has 50 heavy (non-hydrogen) atoms. The molecule has 0 amide bonds. The maximum atomic E-state index is 2.40. The zero-order chi connectivity index (χ0) is 33.0. The summed E-state index contributed by atoms with van der Waals surface area (Å²) >= 11 is 1.86. The fourth-order valence-corrected chi connectivity index (χ4v) is 8.55. The monoisotopic (exact) mass is 653 g/mol. The van der Waals surface area contributed by atoms with Gasteiger partial charge in [-0.1, -0.05) is 127 Å². The number of benzene rings is 9. The van der Waals surface area contributed by atoms with Crippen LogP contribution in [0.5, 0.6) is 0 Å². The maximum absolute atomic E-state index is 2.40. The van der Waals surface area contributed by atoms with Gasteiger partial charge in [-0.25, -0.2) is 0 Å². The molecule has 0 saturated heterocycles. The number of nitrogens with zero attached hydrogens (tertiary/aromatic N) is 1. The first-order valence-electron chi connectivity index (χ1n) is 17.1. The summed E-state index contributed by atoms with van der Waals surface area (Å²) in [4.78, 5) is 2.40. The third-order valence-corrected chi connectivity index (χ3v) is 11.1. The molecule has 0 fully saturated rings. The summed E-state index contributed by atoms with van der Waals surface area (Å²) in [7, 11) is 0. The molecule has 0 bridgehead atoms. The van der Waals surface area contributed by atoms with Crippen molar-refractivity contribution in [1.82, 2.24) is 0 Å². The lowest BCUT2D eigenvalue weighted by molar-refractivity contribution is 1.30. The van der Waals surface area contributed by atoms with Gasteiger partial charge in [0.05, 0.1) is 0 Å². The summed E-state index contributed by atoms with van der Waals surface area (Å²) in [5.74, 6) is 0. The molecule has 1 heterocycles. The summed E-state index contributed by atoms with van der Waals surface area (Å²) in [6.45, 7) is 0. The number of rotatable bonds is 5. The van der Waals surface area contributed by atoms with Crippen LogP contribution in [-0.2, 0) is 0 Å². The van der Waals surface area contributed by atoms with Gasteiger partial charge in [-0.2, -0.15) is 0 Å². The molecule has 0 radical (unpaired) electrons. The molecule has 1 aromatic heterocycles. The molecule has 0 aliphatic heterocycles. The van der Waals surface area contributed by atoms with Crippen molar-refractivity contribution in [3.8, 4) is 22.3 Å². The highest BCUT2D eigenvalue weighted by Gasteiger charge is 2.16. The van der Waals surface area contributed by atoms with Crippen LogP contribution < -0.4 is 4.90 Å². The van der Waals surface area contributed by atoms with Crippen molar-refractivity contribution in [2.75, 3.05) is 4.90 Å². The molecule has 0 saturated carbocycles. The molecule has 0 unspecified atom stereocenters. The predicted molar refractivity (Wildman–Crippen MR) is 217 cm³/mol. The van der Waals surface area contributed by atoms with Crippen molar-refractivity contribution in [3.63, 3.8) is 0 Å². The Hall–Kier alpha value is -6.22. The van der Waals surface area contributed by atoms with E-state index < -0.39 is 0 Å². The van der Waals surface area contributed by atoms with Crippen molar-refractivity contribution < 1.29 is 0 Å². The second kappa shape index (κ2) is 11.7. The third-order valence-electron chi connectivity index (χ3n) is 9.97. The van der Waals surface area contributed by atoms with E-state index >= 15 is 0 Å². The van der Waals surface area contributed by atoms with Crippen LogP contribution in [0.3, 0.4) is 0 Å². The average molecular weight is 654 g/mol. The number of thiophene rings is 1. The van der Waals surface area contributed by atoms with E-state index in [1.165, 1.54) is 74.7 Å². The summed E-state index contributed by atoms with van der Waals surface area (Å²) in [5, 5.41) is 10.1. The van der Waals surface area contributed by atoms with E-state index in [1.54, 1.807) is 0 Å². The highest BCUT2D eigenvalue weighted by molar-refractivity contribution is 7.25. The minimum Gasteiger partial charge on any atom is -0.310 e. The van der Waals surface area contributed by atoms with Crippen molar-refractivity contribution in [2.45, 2.75) is 0 Å². The molecular weight excluding hydrogens is 623 g/mol. The Morgan fingerprint density at radius 2 is 0.760 bits per heavy atom. The van der Waals surface area contributed by atoms with Crippen LogP contribution in [-0.4, -0.2) is 0 Å². The summed E-state index contributed by atoms with van der Waals surface area (Å²) < 4.78 is 2.61. The molecule has 0 aliphatic carbocycles. The number of anilines is 3. The minimum absolute atomic E-state index is 1.13. The zero-order valence-corrected chi connectivity index (χ0v) is 28.1. The Morgan fingerprint density at radius 3 is 1.48 bits per heavy atom. The van der Waals surface area contributed by atoms with E-state index in [4.69, 9.17) is 0 Å². The molecule has 234 valence electrons. The predicted octanol–water partition coefficient (Wildman–Crippen LogP) is 14.3. The van der Waals surface area contributed by atoms with Gasteiger partial charge in [-0.05, 0) is 115 Å². The number of fused-ring (bicyclic) bond motifs is 6. The lowest BCUT2D eigenvalue weighted by Gasteiger charge is -2.26. The summed E-state index contributed by atoms with van der Waals surface area (Å²) in [5.41, 5.74) is 8.29. The molecule has 0 spiro atoms. The number of hydrogen-bond acceptors (Lipinski definition) is 2. The maximum Gasteiger partial charge on any atom is 0.0476 e. The van der Waals surface area contributed by atoms with Gasteiger partial charge in [0.1, 0.15) is 0 Å². The number of hydrogen-bond donors (Lipinski definition) is 0. The van der Waals surface area contributed by atoms with Gasteiger partial charge in [0, 0.05) is 37.2 Å². The summed E-state index contributed by atoms with van der Waals surface area (Å²) in [6.07, 6.45) is 0. The first kappa shape index (κ1) is 28.8. The van der Waals surface area contributed by atoms with E-state index in [0.29, 0.717) is 0 Å². The molecule has 10 rings (SSSR count). The molecular formula is C48H31NS. The Morgan fingerprint density at radius 1 is 0.280 bits per heavy atom. The zero-order valence-electron chi connectivity index (χ0n) is 27.3. The van der Waals surface area contributed by atoms with Gasteiger partial charge < -0.3 is 4.90 Å². The van der Waals surface area contributed by atoms with E-state index in [-0.39, 0.29) is 0 Å². The minimum atomic E-state index is 1.13. The highest BCUT2D eigenvalue weighted by Crippen LogP contribution is 2.42. The Labute approximate surface area is 294 Å². The Bertz CT molecular complexity index is 2900. The van der Waals surface area contributed by atoms with E-state index in [9.17, 15) is 0 Å². The van der Waals surface area contributed by atoms with Crippen molar-refractivity contribution in [3.05, 3.63) is 188 Å². The fraction of sp³-hybridized carbons (Fsp3) is 0. The Balaban J connectivity index is 1.06. The fourth-order valence-electron chi connectivity index (χ4n) is 7.41. The van der Waals surface area contributed by atoms with Crippen LogP contribution in [0.4, 0.5) is 17.1 Å². The second-order valence-electron chi connectivity index (χ2n) is 13.0. The summed E-state index contributed by atoms with van der Waals surface area (Å²) in [6, 6.07) is 68.9. The van der Waals surface area contributed by atoms with Gasteiger partial charge in [0.15, 0.2) is 0 Å². The molecule has 0 N–H and O–H groups in total. The quantitative estimate of drug-likeness (QED) is 0.179. The molecule has 0 aliphatic rings. The topological polar surface area (TPSA) is 3.24 Å². The van der Waals surface area contributed by atoms with Gasteiger partial charge >= 0.3 is 0 Å². The van der Waals surface area contributed by atoms with Crippen LogP contribution in [0.15, 0.2) is 188 Å². The molecule has 0 atom stereocenters. The van der Waals surface area contributed by atoms with Crippen LogP contribution in [0.1, 0.15) is 0 Å². The van der Waals surface area contributed by atoms with E-state index in [2.05, 4.69) is 193 Å². The third kappa shape index (κ3) is 5.01. The molecule has 2 heteroatoms. The molecule has 10 aromatic rings. The van der Waals surface area contributed by atoms with Gasteiger partial charge in [0.2, 0.25) is 0 Å². The van der Waals surface area contributed by atoms with Crippen molar-refractivity contribution in [2.24, 2.45) is 0 Å². The smallest absolute Gasteiger partial charge is 0.0476 e. The van der Waals surface area contributed by atoms with Crippen molar-refractivity contribution in [1.29, 1.82) is 0 Å². The highest BCUT2D eigenvalue weighted by atomic mass is 32.1. The Kier molecular flexibility index (Phi) is 6.75. The van der Waals surface area contributed by atoms with E-state index in [0.717, 1.165) is 17.1 Å².